The number of hydrogen-bond acceptors (Lipinski definition) is 7. The van der Waals surface area contributed by atoms with Crippen LogP contribution in [0, 0.1) is 6.92 Å². The normalized spacial score (nSPS) is 10.2. The summed E-state index contributed by atoms with van der Waals surface area (Å²) in [6.45, 7) is 4.22. The molecule has 6 heterocycles. The van der Waals surface area contributed by atoms with Gasteiger partial charge in [-0.05, 0) is 134 Å². The number of benzene rings is 1. The Hall–Kier alpha value is -5.79. The zero-order valence-electron chi connectivity index (χ0n) is 34.9. The summed E-state index contributed by atoms with van der Waals surface area (Å²) in [7, 11) is 0. The summed E-state index contributed by atoms with van der Waals surface area (Å²) in [5, 5.41) is 3.00. The Morgan fingerprint density at radius 2 is 0.883 bits per heavy atom. The largest absolute Gasteiger partial charge is 2.00 e. The molecule has 7 aromatic rings. The van der Waals surface area contributed by atoms with Crippen LogP contribution in [0.2, 0.25) is 0 Å². The molecule has 0 saturated carbocycles. The van der Waals surface area contributed by atoms with Crippen LogP contribution in [0.5, 0.6) is 0 Å². The van der Waals surface area contributed by atoms with Gasteiger partial charge in [-0.2, -0.15) is 0 Å². The molecular formula is C51H57N7ORu+2. The summed E-state index contributed by atoms with van der Waals surface area (Å²) >= 11 is 0. The number of nitrogens with one attached hydrogen (secondary N) is 1. The van der Waals surface area contributed by atoms with Gasteiger partial charge in [0.15, 0.2) is 0 Å². The third kappa shape index (κ3) is 17.6. The predicted octanol–water partition coefficient (Wildman–Crippen LogP) is 12.4. The molecule has 1 amide bonds. The quantitative estimate of drug-likeness (QED) is 0.0717. The van der Waals surface area contributed by atoms with E-state index in [9.17, 15) is 4.79 Å². The van der Waals surface area contributed by atoms with Gasteiger partial charge in [-0.3, -0.25) is 34.7 Å². The maximum Gasteiger partial charge on any atom is 2.00 e. The third-order valence-corrected chi connectivity index (χ3v) is 9.70. The second kappa shape index (κ2) is 27.8. The van der Waals surface area contributed by atoms with Gasteiger partial charge in [0.25, 0.3) is 0 Å². The Morgan fingerprint density at radius 3 is 1.33 bits per heavy atom. The smallest absolute Gasteiger partial charge is 0.326 e. The molecule has 6 aromatic heterocycles. The van der Waals surface area contributed by atoms with E-state index in [1.807, 2.05) is 103 Å². The van der Waals surface area contributed by atoms with Crippen LogP contribution < -0.4 is 5.32 Å². The number of rotatable bonds is 17. The van der Waals surface area contributed by atoms with Gasteiger partial charge in [0, 0.05) is 49.3 Å². The summed E-state index contributed by atoms with van der Waals surface area (Å²) in [6.07, 6.45) is 24.6. The van der Waals surface area contributed by atoms with Gasteiger partial charge in [-0.25, -0.2) is 0 Å². The first-order valence-corrected chi connectivity index (χ1v) is 21.0. The van der Waals surface area contributed by atoms with Gasteiger partial charge in [-0.1, -0.05) is 88.3 Å². The van der Waals surface area contributed by atoms with E-state index in [1.54, 1.807) is 24.8 Å². The standard InChI is InChI=1S/C31H41N3O.2C10H8N2.Ru/c1-3-26-15-17-28(18-16-26)34-31(35)14-12-10-8-6-4-5-7-9-11-13-27-20-22-33-30(24-27)29-23-25(2)19-21-32-29;2*1-3-7-11-9(5-1)10-6-2-4-8-12-10;/h15-24H,3-14H2,1-2H3,(H,34,35);2*1-8H;/q;;;+2. The molecule has 1 N–H and O–H groups in total. The Bertz CT molecular complexity index is 2040. The molecule has 0 atom stereocenters. The van der Waals surface area contributed by atoms with Gasteiger partial charge < -0.3 is 5.32 Å². The molecule has 0 aliphatic heterocycles. The van der Waals surface area contributed by atoms with Crippen LogP contribution in [-0.2, 0) is 37.1 Å². The van der Waals surface area contributed by atoms with Gasteiger partial charge >= 0.3 is 19.5 Å². The minimum absolute atomic E-state index is 0. The molecule has 0 bridgehead atoms. The van der Waals surface area contributed by atoms with Crippen LogP contribution in [0.4, 0.5) is 5.69 Å². The topological polar surface area (TPSA) is 106 Å². The van der Waals surface area contributed by atoms with Gasteiger partial charge in [0.05, 0.1) is 34.2 Å². The number of aromatic nitrogens is 6. The number of aryl methyl sites for hydroxylation is 3. The summed E-state index contributed by atoms with van der Waals surface area (Å²) < 4.78 is 0. The van der Waals surface area contributed by atoms with Crippen LogP contribution in [-0.4, -0.2) is 35.8 Å². The summed E-state index contributed by atoms with van der Waals surface area (Å²) in [6, 6.07) is 39.8. The van der Waals surface area contributed by atoms with Crippen LogP contribution in [0.15, 0.2) is 159 Å². The van der Waals surface area contributed by atoms with E-state index in [-0.39, 0.29) is 25.4 Å². The predicted molar refractivity (Wildman–Crippen MR) is 241 cm³/mol. The molecule has 8 nitrogen and oxygen atoms in total. The molecule has 0 spiro atoms. The van der Waals surface area contributed by atoms with Crippen molar-refractivity contribution in [1.82, 2.24) is 29.9 Å². The molecule has 1 aromatic carbocycles. The van der Waals surface area contributed by atoms with E-state index in [1.165, 1.54) is 61.6 Å². The number of carbonyl (C=O) groups excluding carboxylic acids is 1. The molecule has 0 unspecified atom stereocenters. The Morgan fingerprint density at radius 1 is 0.450 bits per heavy atom. The minimum Gasteiger partial charge on any atom is -0.326 e. The fourth-order valence-corrected chi connectivity index (χ4v) is 6.40. The Balaban J connectivity index is 0.000000255. The van der Waals surface area contributed by atoms with E-state index < -0.39 is 0 Å². The van der Waals surface area contributed by atoms with Crippen LogP contribution in [0.25, 0.3) is 34.2 Å². The molecule has 0 saturated heterocycles. The summed E-state index contributed by atoms with van der Waals surface area (Å²) in [5.74, 6) is 0.130. The first-order valence-electron chi connectivity index (χ1n) is 21.0. The summed E-state index contributed by atoms with van der Waals surface area (Å²) in [4.78, 5) is 37.8. The number of pyridine rings is 6. The Labute approximate surface area is 369 Å². The van der Waals surface area contributed by atoms with E-state index in [2.05, 4.69) is 79.4 Å². The first-order chi connectivity index (χ1) is 29.1. The molecule has 0 fully saturated rings. The van der Waals surface area contributed by atoms with Crippen molar-refractivity contribution in [3.8, 4) is 34.2 Å². The van der Waals surface area contributed by atoms with Gasteiger partial charge in [0.2, 0.25) is 5.91 Å². The van der Waals surface area contributed by atoms with E-state index in [0.717, 1.165) is 65.5 Å². The van der Waals surface area contributed by atoms with Crippen molar-refractivity contribution < 1.29 is 24.3 Å². The van der Waals surface area contributed by atoms with Crippen molar-refractivity contribution in [1.29, 1.82) is 0 Å². The molecule has 7 rings (SSSR count). The average molecular weight is 885 g/mol. The number of unbranched alkanes of at least 4 members (excludes halogenated alkanes) is 8. The number of amides is 1. The maximum atomic E-state index is 12.1. The number of nitrogens with zero attached hydrogens (tertiary/aromatic N) is 6. The number of carbonyl (C=O) groups is 1. The monoisotopic (exact) mass is 885 g/mol. The Kier molecular flexibility index (Phi) is 21.7. The second-order valence-corrected chi connectivity index (χ2v) is 14.4. The zero-order valence-corrected chi connectivity index (χ0v) is 36.7. The second-order valence-electron chi connectivity index (χ2n) is 14.4. The van der Waals surface area contributed by atoms with Crippen LogP contribution in [0.1, 0.15) is 87.8 Å². The van der Waals surface area contributed by atoms with Crippen LogP contribution >= 0.6 is 0 Å². The molecule has 60 heavy (non-hydrogen) atoms. The fraction of sp³-hybridized carbons (Fsp3) is 0.275. The van der Waals surface area contributed by atoms with Crippen molar-refractivity contribution in [3.05, 3.63) is 175 Å². The summed E-state index contributed by atoms with van der Waals surface area (Å²) in [5.41, 5.74) is 10.3. The maximum absolute atomic E-state index is 12.1. The molecular weight excluding hydrogens is 828 g/mol. The van der Waals surface area contributed by atoms with Crippen molar-refractivity contribution in [2.24, 2.45) is 0 Å². The molecule has 0 aliphatic carbocycles. The van der Waals surface area contributed by atoms with Crippen molar-refractivity contribution in [2.75, 3.05) is 5.32 Å². The third-order valence-electron chi connectivity index (χ3n) is 9.70. The average Bonchev–Trinajstić information content (AvgIpc) is 3.30. The molecule has 0 aliphatic rings. The van der Waals surface area contributed by atoms with E-state index in [4.69, 9.17) is 0 Å². The van der Waals surface area contributed by atoms with E-state index in [0.29, 0.717) is 6.42 Å². The molecule has 9 heteroatoms. The van der Waals surface area contributed by atoms with Crippen LogP contribution in [0.3, 0.4) is 0 Å². The van der Waals surface area contributed by atoms with E-state index >= 15 is 0 Å². The fourth-order valence-electron chi connectivity index (χ4n) is 6.40. The van der Waals surface area contributed by atoms with Crippen molar-refractivity contribution in [3.63, 3.8) is 0 Å². The first kappa shape index (κ1) is 46.9. The van der Waals surface area contributed by atoms with Gasteiger partial charge in [-0.15, -0.1) is 0 Å². The zero-order chi connectivity index (χ0) is 41.2. The van der Waals surface area contributed by atoms with Crippen molar-refractivity contribution >= 4 is 11.6 Å². The van der Waals surface area contributed by atoms with Gasteiger partial charge in [0.1, 0.15) is 0 Å². The number of anilines is 1. The number of hydrogen-bond donors (Lipinski definition) is 1. The molecule has 0 radical (unpaired) electrons. The minimum atomic E-state index is 0. The SMILES string of the molecule is CCc1ccc(NC(=O)CCCCCCCCCCCc2ccnc(-c3cc(C)ccn3)c2)cc1.[Ru+2].c1ccc(-c2ccccn2)nc1.c1ccc(-c2ccccn2)nc1. The van der Waals surface area contributed by atoms with Crippen molar-refractivity contribution in [2.45, 2.75) is 90.9 Å². The molecule has 308 valence electrons.